The summed E-state index contributed by atoms with van der Waals surface area (Å²) in [4.78, 5) is 25.0. The Hall–Kier alpha value is -2.12. The maximum absolute atomic E-state index is 12.1. The Bertz CT molecular complexity index is 837. The average molecular weight is 407 g/mol. The minimum absolute atomic E-state index is 0.0333. The number of β-amino-alcohol motifs (C(OH)–C–C–N with tert-alkyl or cyclic N) is 1. The fourth-order valence-electron chi connectivity index (χ4n) is 2.76. The van der Waals surface area contributed by atoms with E-state index in [1.54, 1.807) is 13.8 Å². The summed E-state index contributed by atoms with van der Waals surface area (Å²) in [5, 5.41) is 14.8. The summed E-state index contributed by atoms with van der Waals surface area (Å²) in [7, 11) is 0. The first-order valence-corrected chi connectivity index (χ1v) is 8.71. The highest BCUT2D eigenvalue weighted by molar-refractivity contribution is 9.10. The number of ether oxygens (including phenoxy) is 1. The molecule has 0 aliphatic carbocycles. The number of carbonyl (C=O) groups excluding carboxylic acids is 2. The number of urea groups is 1. The number of aliphatic hydroxyl groups is 1. The number of nitrogens with one attached hydrogen (secondary N) is 1. The minimum Gasteiger partial charge on any atom is -0.490 e. The highest BCUT2D eigenvalue weighted by atomic mass is 79.9. The Morgan fingerprint density at radius 3 is 2.64 bits per heavy atom. The third-order valence-electron chi connectivity index (χ3n) is 4.10. The Balaban J connectivity index is 1.65. The van der Waals surface area contributed by atoms with Crippen LogP contribution in [0.15, 0.2) is 40.9 Å². The predicted molar refractivity (Wildman–Crippen MR) is 97.5 cm³/mol. The molecule has 0 bridgehead atoms. The van der Waals surface area contributed by atoms with Crippen molar-refractivity contribution in [2.45, 2.75) is 25.5 Å². The smallest absolute Gasteiger partial charge is 0.325 e. The van der Waals surface area contributed by atoms with Crippen LogP contribution in [-0.2, 0) is 4.79 Å². The molecule has 6 nitrogen and oxygen atoms in total. The van der Waals surface area contributed by atoms with Crippen molar-refractivity contribution in [3.63, 3.8) is 0 Å². The van der Waals surface area contributed by atoms with Crippen LogP contribution in [0.1, 0.15) is 13.8 Å². The number of hydrogen-bond acceptors (Lipinski definition) is 4. The van der Waals surface area contributed by atoms with Crippen molar-refractivity contribution in [1.82, 2.24) is 10.2 Å². The van der Waals surface area contributed by atoms with Crippen LogP contribution in [0, 0.1) is 0 Å². The Morgan fingerprint density at radius 2 is 1.96 bits per heavy atom. The molecule has 0 aromatic heterocycles. The number of carbonyl (C=O) groups is 2. The van der Waals surface area contributed by atoms with Crippen molar-refractivity contribution in [2.24, 2.45) is 0 Å². The van der Waals surface area contributed by atoms with E-state index >= 15 is 0 Å². The first-order valence-electron chi connectivity index (χ1n) is 7.92. The lowest BCUT2D eigenvalue weighted by atomic mass is 10.1. The molecule has 7 heteroatoms. The molecule has 0 spiro atoms. The van der Waals surface area contributed by atoms with Crippen LogP contribution in [0.5, 0.6) is 5.75 Å². The van der Waals surface area contributed by atoms with Crippen LogP contribution in [0.25, 0.3) is 10.8 Å². The maximum atomic E-state index is 12.1. The van der Waals surface area contributed by atoms with Gasteiger partial charge in [0.25, 0.3) is 5.91 Å². The van der Waals surface area contributed by atoms with E-state index in [1.807, 2.05) is 36.4 Å². The van der Waals surface area contributed by atoms with E-state index in [4.69, 9.17) is 4.74 Å². The maximum Gasteiger partial charge on any atom is 0.325 e. The Morgan fingerprint density at radius 1 is 1.24 bits per heavy atom. The second-order valence-corrected chi connectivity index (χ2v) is 7.33. The van der Waals surface area contributed by atoms with Gasteiger partial charge >= 0.3 is 6.03 Å². The van der Waals surface area contributed by atoms with Gasteiger partial charge in [-0.15, -0.1) is 0 Å². The van der Waals surface area contributed by atoms with Crippen molar-refractivity contribution >= 4 is 38.6 Å². The largest absolute Gasteiger partial charge is 0.490 e. The summed E-state index contributed by atoms with van der Waals surface area (Å²) >= 11 is 3.52. The van der Waals surface area contributed by atoms with E-state index in [9.17, 15) is 14.7 Å². The number of hydrogen-bond donors (Lipinski definition) is 2. The highest BCUT2D eigenvalue weighted by Crippen LogP contribution is 2.33. The molecule has 1 atom stereocenters. The first-order chi connectivity index (χ1) is 11.8. The summed E-state index contributed by atoms with van der Waals surface area (Å²) < 4.78 is 6.47. The molecule has 0 saturated carbocycles. The van der Waals surface area contributed by atoms with Gasteiger partial charge in [-0.25, -0.2) is 4.79 Å². The summed E-state index contributed by atoms with van der Waals surface area (Å²) in [5.41, 5.74) is -0.945. The van der Waals surface area contributed by atoms with Gasteiger partial charge in [0, 0.05) is 0 Å². The second-order valence-electron chi connectivity index (χ2n) is 6.53. The van der Waals surface area contributed by atoms with Crippen molar-refractivity contribution < 1.29 is 19.4 Å². The van der Waals surface area contributed by atoms with E-state index in [2.05, 4.69) is 21.2 Å². The number of halogens is 1. The molecule has 1 aliphatic rings. The van der Waals surface area contributed by atoms with Crippen molar-refractivity contribution in [3.05, 3.63) is 40.9 Å². The number of imide groups is 1. The molecule has 2 aromatic carbocycles. The predicted octanol–water partition coefficient (Wildman–Crippen LogP) is 2.67. The van der Waals surface area contributed by atoms with E-state index in [0.29, 0.717) is 5.75 Å². The fraction of sp³-hybridized carbons (Fsp3) is 0.333. The van der Waals surface area contributed by atoms with Crippen LogP contribution >= 0.6 is 15.9 Å². The molecule has 3 amide bonds. The number of nitrogens with zero attached hydrogens (tertiary/aromatic N) is 1. The lowest BCUT2D eigenvalue weighted by Gasteiger charge is -2.20. The van der Waals surface area contributed by atoms with Crippen LogP contribution in [0.4, 0.5) is 4.79 Å². The van der Waals surface area contributed by atoms with Gasteiger partial charge in [0.05, 0.1) is 11.0 Å². The van der Waals surface area contributed by atoms with Gasteiger partial charge in [-0.05, 0) is 46.6 Å². The third-order valence-corrected chi connectivity index (χ3v) is 4.91. The van der Waals surface area contributed by atoms with Gasteiger partial charge in [-0.3, -0.25) is 9.69 Å². The van der Waals surface area contributed by atoms with Gasteiger partial charge < -0.3 is 15.2 Å². The molecule has 1 saturated heterocycles. The molecule has 1 aliphatic heterocycles. The molecule has 1 fully saturated rings. The summed E-state index contributed by atoms with van der Waals surface area (Å²) in [5.74, 6) is 0.235. The molecule has 2 aromatic rings. The van der Waals surface area contributed by atoms with Crippen molar-refractivity contribution in [3.8, 4) is 5.75 Å². The van der Waals surface area contributed by atoms with Crippen molar-refractivity contribution in [1.29, 1.82) is 0 Å². The molecular weight excluding hydrogens is 388 g/mol. The van der Waals surface area contributed by atoms with E-state index in [1.165, 1.54) is 0 Å². The SMILES string of the molecule is CC1(C)NC(=O)N(C[C@H](O)COc2ccc3ccccc3c2Br)C1=O. The zero-order valence-corrected chi connectivity index (χ0v) is 15.5. The van der Waals surface area contributed by atoms with Gasteiger partial charge in [0.15, 0.2) is 0 Å². The first kappa shape index (κ1) is 17.7. The lowest BCUT2D eigenvalue weighted by Crippen LogP contribution is -2.42. The molecule has 132 valence electrons. The molecular formula is C18H19BrN2O4. The molecule has 2 N–H and O–H groups in total. The van der Waals surface area contributed by atoms with Gasteiger partial charge in [-0.1, -0.05) is 30.3 Å². The van der Waals surface area contributed by atoms with Gasteiger partial charge in [-0.2, -0.15) is 0 Å². The standard InChI is InChI=1S/C18H19BrN2O4/c1-18(2)16(23)21(17(24)20-18)9-12(22)10-25-14-8-7-11-5-3-4-6-13(11)15(14)19/h3-8,12,22H,9-10H2,1-2H3,(H,20,24)/t12-/m0/s1. The molecule has 0 unspecified atom stereocenters. The van der Waals surface area contributed by atoms with Gasteiger partial charge in [0.2, 0.25) is 0 Å². The highest BCUT2D eigenvalue weighted by Gasteiger charge is 2.44. The van der Waals surface area contributed by atoms with E-state index in [-0.39, 0.29) is 19.1 Å². The summed E-state index contributed by atoms with van der Waals surface area (Å²) in [6, 6.07) is 11.1. The van der Waals surface area contributed by atoms with Gasteiger partial charge in [0.1, 0.15) is 24.0 Å². The molecule has 25 heavy (non-hydrogen) atoms. The fourth-order valence-corrected chi connectivity index (χ4v) is 3.37. The zero-order chi connectivity index (χ0) is 18.2. The van der Waals surface area contributed by atoms with E-state index in [0.717, 1.165) is 20.1 Å². The molecule has 0 radical (unpaired) electrons. The number of amides is 3. The van der Waals surface area contributed by atoms with Crippen LogP contribution in [0.3, 0.4) is 0 Å². The van der Waals surface area contributed by atoms with Crippen LogP contribution in [0.2, 0.25) is 0 Å². The summed E-state index contributed by atoms with van der Waals surface area (Å²) in [6.45, 7) is 3.11. The monoisotopic (exact) mass is 406 g/mol. The Labute approximate surface area is 153 Å². The quantitative estimate of drug-likeness (QED) is 0.748. The number of rotatable bonds is 5. The average Bonchev–Trinajstić information content (AvgIpc) is 2.76. The molecule has 1 heterocycles. The van der Waals surface area contributed by atoms with E-state index < -0.39 is 17.7 Å². The third kappa shape index (κ3) is 3.48. The van der Waals surface area contributed by atoms with Crippen LogP contribution in [-0.4, -0.2) is 46.7 Å². The second kappa shape index (κ2) is 6.65. The lowest BCUT2D eigenvalue weighted by molar-refractivity contribution is -0.131. The number of fused-ring (bicyclic) bond motifs is 1. The normalized spacial score (nSPS) is 17.7. The van der Waals surface area contributed by atoms with Crippen molar-refractivity contribution in [2.75, 3.05) is 13.2 Å². The Kier molecular flexibility index (Phi) is 4.71. The summed E-state index contributed by atoms with van der Waals surface area (Å²) in [6.07, 6.45) is -0.984. The topological polar surface area (TPSA) is 78.9 Å². The zero-order valence-electron chi connectivity index (χ0n) is 14.0. The van der Waals surface area contributed by atoms with Crippen LogP contribution < -0.4 is 10.1 Å². The number of aliphatic hydroxyl groups excluding tert-OH is 1. The molecule has 3 rings (SSSR count). The minimum atomic E-state index is -0.984. The number of benzene rings is 2.